The molecule has 0 aromatic heterocycles. The van der Waals surface area contributed by atoms with Crippen LogP contribution in [-0.2, 0) is 0 Å². The average molecular weight is 201 g/mol. The first-order valence-corrected chi connectivity index (χ1v) is 6.09. The second kappa shape index (κ2) is 8.25. The number of piperidine rings is 1. The van der Waals surface area contributed by atoms with Crippen LogP contribution in [0.5, 0.6) is 0 Å². The second-order valence-electron chi connectivity index (χ2n) is 4.28. The SMILES string of the molecule is CC.CC(C)CCN1CCCC(O)C1. The molecule has 1 aliphatic rings. The molecule has 1 atom stereocenters. The van der Waals surface area contributed by atoms with Crippen molar-refractivity contribution in [3.8, 4) is 0 Å². The molecule has 1 rings (SSSR count). The normalized spacial score (nSPS) is 23.1. The monoisotopic (exact) mass is 201 g/mol. The van der Waals surface area contributed by atoms with Gasteiger partial charge in [0, 0.05) is 6.54 Å². The van der Waals surface area contributed by atoms with E-state index in [4.69, 9.17) is 0 Å². The molecule has 0 aliphatic carbocycles. The van der Waals surface area contributed by atoms with Crippen LogP contribution in [0.3, 0.4) is 0 Å². The van der Waals surface area contributed by atoms with E-state index < -0.39 is 0 Å². The van der Waals surface area contributed by atoms with E-state index in [1.165, 1.54) is 19.4 Å². The summed E-state index contributed by atoms with van der Waals surface area (Å²) in [6.45, 7) is 11.7. The van der Waals surface area contributed by atoms with Gasteiger partial charge in [-0.15, -0.1) is 0 Å². The Morgan fingerprint density at radius 3 is 2.50 bits per heavy atom. The molecule has 2 nitrogen and oxygen atoms in total. The third kappa shape index (κ3) is 6.39. The first-order chi connectivity index (χ1) is 6.68. The van der Waals surface area contributed by atoms with Gasteiger partial charge in [-0.2, -0.15) is 0 Å². The van der Waals surface area contributed by atoms with Gasteiger partial charge in [-0.25, -0.2) is 0 Å². The summed E-state index contributed by atoms with van der Waals surface area (Å²) >= 11 is 0. The van der Waals surface area contributed by atoms with Crippen LogP contribution in [0.25, 0.3) is 0 Å². The fourth-order valence-electron chi connectivity index (χ4n) is 1.68. The number of rotatable bonds is 3. The molecule has 1 saturated heterocycles. The molecule has 0 spiro atoms. The zero-order chi connectivity index (χ0) is 11.0. The molecule has 1 heterocycles. The highest BCUT2D eigenvalue weighted by Gasteiger charge is 2.16. The summed E-state index contributed by atoms with van der Waals surface area (Å²) in [4.78, 5) is 2.38. The smallest absolute Gasteiger partial charge is 0.0667 e. The number of β-amino-alcohol motifs (C(OH)–C–C–N with tert-alkyl or cyclic N) is 1. The first-order valence-electron chi connectivity index (χ1n) is 6.09. The van der Waals surface area contributed by atoms with Gasteiger partial charge >= 0.3 is 0 Å². The van der Waals surface area contributed by atoms with Crippen molar-refractivity contribution in [2.45, 2.75) is 53.1 Å². The van der Waals surface area contributed by atoms with Crippen molar-refractivity contribution in [3.05, 3.63) is 0 Å². The van der Waals surface area contributed by atoms with Crippen LogP contribution < -0.4 is 0 Å². The van der Waals surface area contributed by atoms with E-state index in [9.17, 15) is 5.11 Å². The lowest BCUT2D eigenvalue weighted by atomic mass is 10.1. The number of aliphatic hydroxyl groups is 1. The highest BCUT2D eigenvalue weighted by atomic mass is 16.3. The molecule has 1 aliphatic heterocycles. The molecule has 0 radical (unpaired) electrons. The van der Waals surface area contributed by atoms with E-state index in [1.54, 1.807) is 0 Å². The van der Waals surface area contributed by atoms with Crippen LogP contribution in [0.15, 0.2) is 0 Å². The topological polar surface area (TPSA) is 23.5 Å². The fourth-order valence-corrected chi connectivity index (χ4v) is 1.68. The Labute approximate surface area is 89.3 Å². The lowest BCUT2D eigenvalue weighted by molar-refractivity contribution is 0.0683. The first kappa shape index (κ1) is 13.9. The Kier molecular flexibility index (Phi) is 8.20. The van der Waals surface area contributed by atoms with E-state index in [1.807, 2.05) is 13.8 Å². The Morgan fingerprint density at radius 1 is 1.36 bits per heavy atom. The lowest BCUT2D eigenvalue weighted by Gasteiger charge is -2.30. The summed E-state index contributed by atoms with van der Waals surface area (Å²) in [5, 5.41) is 9.40. The van der Waals surface area contributed by atoms with Gasteiger partial charge in [-0.1, -0.05) is 27.7 Å². The van der Waals surface area contributed by atoms with Crippen LogP contribution in [-0.4, -0.2) is 35.7 Å². The van der Waals surface area contributed by atoms with Crippen molar-refractivity contribution >= 4 is 0 Å². The van der Waals surface area contributed by atoms with Gasteiger partial charge in [-0.3, -0.25) is 0 Å². The molecule has 0 amide bonds. The molecule has 14 heavy (non-hydrogen) atoms. The molecule has 1 unspecified atom stereocenters. The van der Waals surface area contributed by atoms with Crippen molar-refractivity contribution in [3.63, 3.8) is 0 Å². The quantitative estimate of drug-likeness (QED) is 0.758. The largest absolute Gasteiger partial charge is 0.392 e. The summed E-state index contributed by atoms with van der Waals surface area (Å²) < 4.78 is 0. The Balaban J connectivity index is 0.000000791. The van der Waals surface area contributed by atoms with Crippen molar-refractivity contribution in [2.24, 2.45) is 5.92 Å². The van der Waals surface area contributed by atoms with Crippen LogP contribution >= 0.6 is 0 Å². The fraction of sp³-hybridized carbons (Fsp3) is 1.00. The Hall–Kier alpha value is -0.0800. The van der Waals surface area contributed by atoms with Gasteiger partial charge in [0.1, 0.15) is 0 Å². The minimum Gasteiger partial charge on any atom is -0.392 e. The average Bonchev–Trinajstić information content (AvgIpc) is 2.18. The summed E-state index contributed by atoms with van der Waals surface area (Å²) in [5.74, 6) is 0.782. The minimum absolute atomic E-state index is 0.0640. The number of hydrogen-bond acceptors (Lipinski definition) is 2. The van der Waals surface area contributed by atoms with Crippen LogP contribution in [0.1, 0.15) is 47.0 Å². The van der Waals surface area contributed by atoms with Gasteiger partial charge < -0.3 is 10.0 Å². The Bertz CT molecular complexity index is 125. The van der Waals surface area contributed by atoms with Crippen molar-refractivity contribution in [1.82, 2.24) is 4.90 Å². The number of nitrogens with zero attached hydrogens (tertiary/aromatic N) is 1. The van der Waals surface area contributed by atoms with Crippen LogP contribution in [0.4, 0.5) is 0 Å². The predicted molar refractivity (Wildman–Crippen MR) is 62.5 cm³/mol. The molecule has 0 aromatic rings. The molecule has 2 heteroatoms. The zero-order valence-electron chi connectivity index (χ0n) is 10.3. The van der Waals surface area contributed by atoms with Crippen molar-refractivity contribution in [2.75, 3.05) is 19.6 Å². The van der Waals surface area contributed by atoms with E-state index in [0.29, 0.717) is 0 Å². The molecular weight excluding hydrogens is 174 g/mol. The van der Waals surface area contributed by atoms with E-state index in [2.05, 4.69) is 18.7 Å². The predicted octanol–water partition coefficient (Wildman–Crippen LogP) is 2.52. The molecule has 0 bridgehead atoms. The van der Waals surface area contributed by atoms with Gasteiger partial charge in [0.25, 0.3) is 0 Å². The molecule has 0 saturated carbocycles. The summed E-state index contributed by atoms with van der Waals surface area (Å²) in [5.41, 5.74) is 0. The third-order valence-corrected chi connectivity index (χ3v) is 2.50. The lowest BCUT2D eigenvalue weighted by Crippen LogP contribution is -2.39. The summed E-state index contributed by atoms with van der Waals surface area (Å²) in [6.07, 6.45) is 3.36. The van der Waals surface area contributed by atoms with Gasteiger partial charge in [0.15, 0.2) is 0 Å². The maximum absolute atomic E-state index is 9.40. The van der Waals surface area contributed by atoms with Gasteiger partial charge in [0.2, 0.25) is 0 Å². The van der Waals surface area contributed by atoms with E-state index >= 15 is 0 Å². The highest BCUT2D eigenvalue weighted by Crippen LogP contribution is 2.11. The second-order valence-corrected chi connectivity index (χ2v) is 4.28. The maximum atomic E-state index is 9.40. The minimum atomic E-state index is -0.0640. The Morgan fingerprint density at radius 2 is 2.00 bits per heavy atom. The zero-order valence-corrected chi connectivity index (χ0v) is 10.3. The van der Waals surface area contributed by atoms with Gasteiger partial charge in [0.05, 0.1) is 6.10 Å². The number of hydrogen-bond donors (Lipinski definition) is 1. The van der Waals surface area contributed by atoms with E-state index in [-0.39, 0.29) is 6.10 Å². The molecule has 1 N–H and O–H groups in total. The molecule has 86 valence electrons. The third-order valence-electron chi connectivity index (χ3n) is 2.50. The van der Waals surface area contributed by atoms with Crippen molar-refractivity contribution in [1.29, 1.82) is 0 Å². The highest BCUT2D eigenvalue weighted by molar-refractivity contribution is 4.71. The van der Waals surface area contributed by atoms with Gasteiger partial charge in [-0.05, 0) is 38.3 Å². The maximum Gasteiger partial charge on any atom is 0.0667 e. The number of aliphatic hydroxyl groups excluding tert-OH is 1. The molecular formula is C12H27NO. The summed E-state index contributed by atoms with van der Waals surface area (Å²) in [7, 11) is 0. The van der Waals surface area contributed by atoms with E-state index in [0.717, 1.165) is 25.4 Å². The van der Waals surface area contributed by atoms with Crippen molar-refractivity contribution < 1.29 is 5.11 Å². The molecule has 0 aromatic carbocycles. The van der Waals surface area contributed by atoms with Crippen LogP contribution in [0, 0.1) is 5.92 Å². The number of likely N-dealkylation sites (tertiary alicyclic amines) is 1. The molecule has 1 fully saturated rings. The standard InChI is InChI=1S/C10H21NO.C2H6/c1-9(2)5-7-11-6-3-4-10(12)8-11;1-2/h9-10,12H,3-8H2,1-2H3;1-2H3. The van der Waals surface area contributed by atoms with Crippen LogP contribution in [0.2, 0.25) is 0 Å². The summed E-state index contributed by atoms with van der Waals surface area (Å²) in [6, 6.07) is 0.